The van der Waals surface area contributed by atoms with E-state index in [9.17, 15) is 4.79 Å². The molecule has 0 saturated carbocycles. The van der Waals surface area contributed by atoms with Gasteiger partial charge in [-0.25, -0.2) is 0 Å². The molecular formula is C22H27N3O. The van der Waals surface area contributed by atoms with Crippen molar-refractivity contribution < 1.29 is 4.79 Å². The van der Waals surface area contributed by atoms with Crippen molar-refractivity contribution in [1.29, 1.82) is 0 Å². The smallest absolute Gasteiger partial charge is 0.228 e. The molecule has 0 spiro atoms. The Bertz CT molecular complexity index is 881. The Balaban J connectivity index is 1.84. The third-order valence-electron chi connectivity index (χ3n) is 4.43. The van der Waals surface area contributed by atoms with Gasteiger partial charge >= 0.3 is 0 Å². The number of hydrogen-bond donors (Lipinski definition) is 2. The second-order valence-electron chi connectivity index (χ2n) is 7.18. The molecule has 26 heavy (non-hydrogen) atoms. The number of hydrogen-bond acceptors (Lipinski definition) is 2. The highest BCUT2D eigenvalue weighted by Gasteiger charge is 2.11. The summed E-state index contributed by atoms with van der Waals surface area (Å²) in [6, 6.07) is 15.9. The van der Waals surface area contributed by atoms with Crippen LogP contribution in [0, 0.1) is 5.92 Å². The third-order valence-corrected chi connectivity index (χ3v) is 4.43. The lowest BCUT2D eigenvalue weighted by Gasteiger charge is -2.10. The first-order valence-electron chi connectivity index (χ1n) is 9.22. The molecule has 0 radical (unpaired) electrons. The molecule has 0 fully saturated rings. The van der Waals surface area contributed by atoms with E-state index in [2.05, 4.69) is 42.1 Å². The Kier molecular flexibility index (Phi) is 5.74. The lowest BCUT2D eigenvalue weighted by molar-refractivity contribution is -0.115. The Hall–Kier alpha value is -2.59. The summed E-state index contributed by atoms with van der Waals surface area (Å²) in [7, 11) is 0. The highest BCUT2D eigenvalue weighted by Crippen LogP contribution is 2.26. The fourth-order valence-corrected chi connectivity index (χ4v) is 3.33. The maximum Gasteiger partial charge on any atom is 0.228 e. The quantitative estimate of drug-likeness (QED) is 0.678. The number of rotatable bonds is 7. The molecule has 1 heterocycles. The number of carbonyl (C=O) groups is 1. The van der Waals surface area contributed by atoms with E-state index >= 15 is 0 Å². The van der Waals surface area contributed by atoms with E-state index < -0.39 is 0 Å². The van der Waals surface area contributed by atoms with Crippen LogP contribution in [0.1, 0.15) is 25.0 Å². The zero-order chi connectivity index (χ0) is 18.5. The van der Waals surface area contributed by atoms with Gasteiger partial charge in [0.15, 0.2) is 0 Å². The summed E-state index contributed by atoms with van der Waals surface area (Å²) < 4.78 is 2.28. The second kappa shape index (κ2) is 8.19. The molecule has 1 amide bonds. The number of benzene rings is 2. The molecule has 3 N–H and O–H groups in total. The molecule has 0 unspecified atom stereocenters. The minimum atomic E-state index is -0.000280. The monoisotopic (exact) mass is 349 g/mol. The predicted octanol–water partition coefficient (Wildman–Crippen LogP) is 3.98. The number of nitrogens with one attached hydrogen (secondary N) is 1. The summed E-state index contributed by atoms with van der Waals surface area (Å²) in [6.45, 7) is 6.00. The minimum Gasteiger partial charge on any atom is -0.347 e. The molecule has 3 rings (SSSR count). The Morgan fingerprint density at radius 2 is 1.92 bits per heavy atom. The summed E-state index contributed by atoms with van der Waals surface area (Å²) in [5.74, 6) is 0.548. The predicted molar refractivity (Wildman–Crippen MR) is 108 cm³/mol. The molecule has 2 aromatic carbocycles. The Morgan fingerprint density at radius 1 is 1.15 bits per heavy atom. The van der Waals surface area contributed by atoms with Crippen LogP contribution >= 0.6 is 0 Å². The van der Waals surface area contributed by atoms with E-state index in [-0.39, 0.29) is 5.91 Å². The van der Waals surface area contributed by atoms with Crippen LogP contribution in [-0.2, 0) is 24.2 Å². The zero-order valence-electron chi connectivity index (χ0n) is 15.5. The van der Waals surface area contributed by atoms with Gasteiger partial charge in [0.05, 0.1) is 11.9 Å². The number of anilines is 1. The molecule has 1 aromatic heterocycles. The molecule has 4 heteroatoms. The summed E-state index contributed by atoms with van der Waals surface area (Å²) in [5, 5.41) is 4.25. The average Bonchev–Trinajstić information content (AvgIpc) is 2.92. The first-order chi connectivity index (χ1) is 12.6. The van der Waals surface area contributed by atoms with Crippen LogP contribution in [0.5, 0.6) is 0 Å². The summed E-state index contributed by atoms with van der Waals surface area (Å²) in [6.07, 6.45) is 3.44. The van der Waals surface area contributed by atoms with Crippen LogP contribution in [0.2, 0.25) is 0 Å². The minimum absolute atomic E-state index is 0.000280. The second-order valence-corrected chi connectivity index (χ2v) is 7.18. The van der Waals surface area contributed by atoms with Crippen LogP contribution in [0.3, 0.4) is 0 Å². The number of nitrogens with two attached hydrogens (primary N) is 1. The van der Waals surface area contributed by atoms with Crippen molar-refractivity contribution in [3.63, 3.8) is 0 Å². The fraction of sp³-hybridized carbons (Fsp3) is 0.318. The SMILES string of the molecule is CC(C)Cn1cc(CCN)c2ccc(NC(=O)Cc3ccccc3)cc21. The van der Waals surface area contributed by atoms with Crippen molar-refractivity contribution in [2.24, 2.45) is 11.7 Å². The van der Waals surface area contributed by atoms with E-state index in [0.29, 0.717) is 18.9 Å². The lowest BCUT2D eigenvalue weighted by Crippen LogP contribution is -2.14. The van der Waals surface area contributed by atoms with E-state index in [4.69, 9.17) is 5.73 Å². The van der Waals surface area contributed by atoms with Gasteiger partial charge in [0, 0.05) is 23.8 Å². The van der Waals surface area contributed by atoms with Gasteiger partial charge in [0.25, 0.3) is 0 Å². The highest BCUT2D eigenvalue weighted by atomic mass is 16.1. The van der Waals surface area contributed by atoms with Crippen LogP contribution in [-0.4, -0.2) is 17.0 Å². The zero-order valence-corrected chi connectivity index (χ0v) is 15.5. The van der Waals surface area contributed by atoms with E-state index in [1.165, 1.54) is 10.9 Å². The Morgan fingerprint density at radius 3 is 2.62 bits per heavy atom. The van der Waals surface area contributed by atoms with Gasteiger partial charge in [0.2, 0.25) is 5.91 Å². The summed E-state index contributed by atoms with van der Waals surface area (Å²) >= 11 is 0. The van der Waals surface area contributed by atoms with Gasteiger partial charge in [-0.05, 0) is 42.1 Å². The largest absolute Gasteiger partial charge is 0.347 e. The molecule has 0 aliphatic heterocycles. The highest BCUT2D eigenvalue weighted by molar-refractivity contribution is 5.95. The maximum atomic E-state index is 12.4. The molecule has 0 aliphatic rings. The van der Waals surface area contributed by atoms with Crippen molar-refractivity contribution >= 4 is 22.5 Å². The summed E-state index contributed by atoms with van der Waals surface area (Å²) in [5.41, 5.74) is 10.0. The fourth-order valence-electron chi connectivity index (χ4n) is 3.33. The molecule has 0 atom stereocenters. The molecule has 0 saturated heterocycles. The van der Waals surface area contributed by atoms with Crippen molar-refractivity contribution in [3.05, 3.63) is 65.9 Å². The molecule has 0 bridgehead atoms. The van der Waals surface area contributed by atoms with E-state index in [1.54, 1.807) is 0 Å². The number of carbonyl (C=O) groups excluding carboxylic acids is 1. The van der Waals surface area contributed by atoms with Crippen molar-refractivity contribution in [1.82, 2.24) is 4.57 Å². The molecule has 136 valence electrons. The number of amides is 1. The van der Waals surface area contributed by atoms with E-state index in [0.717, 1.165) is 29.7 Å². The Labute approximate surface area is 155 Å². The first-order valence-corrected chi connectivity index (χ1v) is 9.22. The van der Waals surface area contributed by atoms with Gasteiger partial charge in [-0.1, -0.05) is 50.2 Å². The van der Waals surface area contributed by atoms with Crippen molar-refractivity contribution in [3.8, 4) is 0 Å². The summed E-state index contributed by atoms with van der Waals surface area (Å²) in [4.78, 5) is 12.4. The van der Waals surface area contributed by atoms with Crippen LogP contribution < -0.4 is 11.1 Å². The standard InChI is InChI=1S/C22H27N3O/c1-16(2)14-25-15-18(10-11-23)20-9-8-19(13-21(20)25)24-22(26)12-17-6-4-3-5-7-17/h3-9,13,15-16H,10-12,14,23H2,1-2H3,(H,24,26). The molecule has 0 aliphatic carbocycles. The van der Waals surface area contributed by atoms with Crippen molar-refractivity contribution in [2.75, 3.05) is 11.9 Å². The van der Waals surface area contributed by atoms with Gasteiger partial charge in [-0.15, -0.1) is 0 Å². The van der Waals surface area contributed by atoms with Crippen LogP contribution in [0.15, 0.2) is 54.7 Å². The molecule has 4 nitrogen and oxygen atoms in total. The number of nitrogens with zero attached hydrogens (tertiary/aromatic N) is 1. The van der Waals surface area contributed by atoms with Gasteiger partial charge in [-0.2, -0.15) is 0 Å². The van der Waals surface area contributed by atoms with Crippen LogP contribution in [0.25, 0.3) is 10.9 Å². The third kappa shape index (κ3) is 4.33. The van der Waals surface area contributed by atoms with Gasteiger partial charge < -0.3 is 15.6 Å². The first kappa shape index (κ1) is 18.2. The van der Waals surface area contributed by atoms with Gasteiger partial charge in [-0.3, -0.25) is 4.79 Å². The van der Waals surface area contributed by atoms with E-state index in [1.807, 2.05) is 36.4 Å². The molecular weight excluding hydrogens is 322 g/mol. The maximum absolute atomic E-state index is 12.4. The topological polar surface area (TPSA) is 60.0 Å². The normalized spacial score (nSPS) is 11.2. The number of aromatic nitrogens is 1. The van der Waals surface area contributed by atoms with Gasteiger partial charge in [0.1, 0.15) is 0 Å². The molecule has 3 aromatic rings. The van der Waals surface area contributed by atoms with Crippen molar-refractivity contribution in [2.45, 2.75) is 33.2 Å². The lowest BCUT2D eigenvalue weighted by atomic mass is 10.1. The average molecular weight is 349 g/mol. The van der Waals surface area contributed by atoms with Crippen LogP contribution in [0.4, 0.5) is 5.69 Å². The number of fused-ring (bicyclic) bond motifs is 1.